The molecule has 0 aliphatic carbocycles. The van der Waals surface area contributed by atoms with Crippen LogP contribution in [0.1, 0.15) is 11.4 Å². The fraction of sp³-hybridized carbons (Fsp3) is 0.421. The lowest BCUT2D eigenvalue weighted by Gasteiger charge is -2.34. The van der Waals surface area contributed by atoms with Gasteiger partial charge in [-0.15, -0.1) is 16.8 Å². The number of hydrogen-bond donors (Lipinski definition) is 0. The van der Waals surface area contributed by atoms with E-state index in [4.69, 9.17) is 0 Å². The lowest BCUT2D eigenvalue weighted by atomic mass is 10.2. The van der Waals surface area contributed by atoms with Crippen molar-refractivity contribution in [2.45, 2.75) is 25.2 Å². The van der Waals surface area contributed by atoms with Gasteiger partial charge in [-0.1, -0.05) is 48.2 Å². The normalized spacial score (nSPS) is 15.2. The minimum atomic E-state index is 0.167. The summed E-state index contributed by atoms with van der Waals surface area (Å²) in [5.74, 6) is 1.41. The summed E-state index contributed by atoms with van der Waals surface area (Å²) in [6.45, 7) is 10.7. The highest BCUT2D eigenvalue weighted by Gasteiger charge is 2.22. The molecular formula is C19H25N5OS. The first-order valence-electron chi connectivity index (χ1n) is 8.85. The Hall–Kier alpha value is -2.12. The van der Waals surface area contributed by atoms with E-state index in [2.05, 4.69) is 45.9 Å². The van der Waals surface area contributed by atoms with Crippen LogP contribution in [0.15, 0.2) is 48.1 Å². The highest BCUT2D eigenvalue weighted by molar-refractivity contribution is 7.99. The number of piperazine rings is 1. The van der Waals surface area contributed by atoms with E-state index in [1.165, 1.54) is 17.3 Å². The maximum absolute atomic E-state index is 12.5. The Morgan fingerprint density at radius 1 is 1.19 bits per heavy atom. The van der Waals surface area contributed by atoms with Crippen molar-refractivity contribution in [2.24, 2.45) is 0 Å². The summed E-state index contributed by atoms with van der Waals surface area (Å²) >= 11 is 1.45. The average Bonchev–Trinajstić information content (AvgIpc) is 3.01. The fourth-order valence-corrected chi connectivity index (χ4v) is 3.92. The van der Waals surface area contributed by atoms with Crippen LogP contribution >= 0.6 is 11.8 Å². The van der Waals surface area contributed by atoms with Gasteiger partial charge in [0.1, 0.15) is 5.82 Å². The first kappa shape index (κ1) is 18.7. The molecule has 0 saturated carbocycles. The number of allylic oxidation sites excluding steroid dienone is 1. The van der Waals surface area contributed by atoms with Gasteiger partial charge >= 0.3 is 0 Å². The number of aromatic nitrogens is 3. The van der Waals surface area contributed by atoms with Gasteiger partial charge in [0.05, 0.1) is 5.75 Å². The van der Waals surface area contributed by atoms with E-state index in [0.717, 1.165) is 43.7 Å². The number of aryl methyl sites for hydroxylation is 1. The summed E-state index contributed by atoms with van der Waals surface area (Å²) < 4.78 is 1.97. The molecule has 0 spiro atoms. The van der Waals surface area contributed by atoms with E-state index in [9.17, 15) is 4.79 Å². The number of carbonyl (C=O) groups is 1. The zero-order valence-corrected chi connectivity index (χ0v) is 16.0. The highest BCUT2D eigenvalue weighted by Crippen LogP contribution is 2.18. The van der Waals surface area contributed by atoms with Gasteiger partial charge in [0, 0.05) is 39.3 Å². The van der Waals surface area contributed by atoms with Gasteiger partial charge in [-0.3, -0.25) is 9.69 Å². The number of thioether (sulfide) groups is 1. The van der Waals surface area contributed by atoms with Gasteiger partial charge in [0.15, 0.2) is 5.16 Å². The Balaban J connectivity index is 1.46. The molecule has 1 aromatic carbocycles. The summed E-state index contributed by atoms with van der Waals surface area (Å²) in [7, 11) is 0. The Morgan fingerprint density at radius 3 is 2.62 bits per heavy atom. The third-order valence-corrected chi connectivity index (χ3v) is 5.46. The zero-order chi connectivity index (χ0) is 18.4. The maximum Gasteiger partial charge on any atom is 0.233 e. The fourth-order valence-electron chi connectivity index (χ4n) is 3.02. The largest absolute Gasteiger partial charge is 0.339 e. The Morgan fingerprint density at radius 2 is 1.92 bits per heavy atom. The average molecular weight is 372 g/mol. The number of hydrogen-bond acceptors (Lipinski definition) is 5. The van der Waals surface area contributed by atoms with Crippen LogP contribution in [-0.4, -0.2) is 62.4 Å². The predicted molar refractivity (Wildman–Crippen MR) is 104 cm³/mol. The van der Waals surface area contributed by atoms with Crippen molar-refractivity contribution in [3.05, 3.63) is 54.4 Å². The van der Waals surface area contributed by atoms with Crippen LogP contribution < -0.4 is 0 Å². The van der Waals surface area contributed by atoms with E-state index >= 15 is 0 Å². The SMILES string of the molecule is C=CCn1c(C)nnc1SCC(=O)N1CCN(Cc2ccccc2)CC1. The molecule has 1 aliphatic rings. The van der Waals surface area contributed by atoms with Crippen LogP contribution in [-0.2, 0) is 17.9 Å². The summed E-state index contributed by atoms with van der Waals surface area (Å²) in [6.07, 6.45) is 1.81. The van der Waals surface area contributed by atoms with Crippen molar-refractivity contribution >= 4 is 17.7 Å². The van der Waals surface area contributed by atoms with Gasteiger partial charge in [0.25, 0.3) is 0 Å². The number of nitrogens with zero attached hydrogens (tertiary/aromatic N) is 5. The molecule has 0 unspecified atom stereocenters. The van der Waals surface area contributed by atoms with Crippen molar-refractivity contribution in [3.63, 3.8) is 0 Å². The maximum atomic E-state index is 12.5. The first-order valence-corrected chi connectivity index (χ1v) is 9.83. The third kappa shape index (κ3) is 4.74. The molecule has 2 aromatic rings. The Kier molecular flexibility index (Phi) is 6.46. The molecule has 1 amide bonds. The summed E-state index contributed by atoms with van der Waals surface area (Å²) in [5.41, 5.74) is 1.32. The molecule has 26 heavy (non-hydrogen) atoms. The minimum Gasteiger partial charge on any atom is -0.339 e. The molecule has 2 heterocycles. The van der Waals surface area contributed by atoms with Gasteiger partial charge in [-0.25, -0.2) is 0 Å². The summed E-state index contributed by atoms with van der Waals surface area (Å²) in [4.78, 5) is 16.9. The Bertz CT molecular complexity index is 738. The number of amides is 1. The van der Waals surface area contributed by atoms with Gasteiger partial charge in [0.2, 0.25) is 5.91 Å². The smallest absolute Gasteiger partial charge is 0.233 e. The molecule has 0 radical (unpaired) electrons. The molecule has 1 saturated heterocycles. The van der Waals surface area contributed by atoms with E-state index in [1.807, 2.05) is 28.5 Å². The number of rotatable bonds is 7. The minimum absolute atomic E-state index is 0.167. The van der Waals surface area contributed by atoms with Crippen LogP contribution in [0.25, 0.3) is 0 Å². The molecule has 0 bridgehead atoms. The van der Waals surface area contributed by atoms with Crippen molar-refractivity contribution in [1.29, 1.82) is 0 Å². The second kappa shape index (κ2) is 9.00. The van der Waals surface area contributed by atoms with Crippen molar-refractivity contribution < 1.29 is 4.79 Å². The van der Waals surface area contributed by atoms with Crippen LogP contribution in [0.5, 0.6) is 0 Å². The topological polar surface area (TPSA) is 54.3 Å². The third-order valence-electron chi connectivity index (χ3n) is 4.51. The van der Waals surface area contributed by atoms with Crippen LogP contribution in [0.2, 0.25) is 0 Å². The van der Waals surface area contributed by atoms with Crippen molar-refractivity contribution in [1.82, 2.24) is 24.6 Å². The molecular weight excluding hydrogens is 346 g/mol. The highest BCUT2D eigenvalue weighted by atomic mass is 32.2. The number of benzene rings is 1. The molecule has 6 nitrogen and oxygen atoms in total. The first-order chi connectivity index (χ1) is 12.7. The van der Waals surface area contributed by atoms with Gasteiger partial charge in [-0.05, 0) is 12.5 Å². The monoisotopic (exact) mass is 371 g/mol. The molecule has 0 N–H and O–H groups in total. The van der Waals surface area contributed by atoms with E-state index < -0.39 is 0 Å². The molecule has 1 fully saturated rings. The lowest BCUT2D eigenvalue weighted by Crippen LogP contribution is -2.48. The standard InChI is InChI=1S/C19H25N5OS/c1-3-9-24-16(2)20-21-19(24)26-15-18(25)23-12-10-22(11-13-23)14-17-7-5-4-6-8-17/h3-8H,1,9-15H2,2H3. The van der Waals surface area contributed by atoms with E-state index in [1.54, 1.807) is 0 Å². The quantitative estimate of drug-likeness (QED) is 0.552. The second-order valence-electron chi connectivity index (χ2n) is 6.36. The molecule has 138 valence electrons. The Labute approximate surface area is 158 Å². The summed E-state index contributed by atoms with van der Waals surface area (Å²) in [5, 5.41) is 9.02. The molecule has 7 heteroatoms. The van der Waals surface area contributed by atoms with Crippen LogP contribution in [0, 0.1) is 6.92 Å². The molecule has 0 atom stereocenters. The number of carbonyl (C=O) groups excluding carboxylic acids is 1. The van der Waals surface area contributed by atoms with Crippen molar-refractivity contribution in [2.75, 3.05) is 31.9 Å². The summed E-state index contributed by atoms with van der Waals surface area (Å²) in [6, 6.07) is 10.5. The lowest BCUT2D eigenvalue weighted by molar-refractivity contribution is -0.130. The van der Waals surface area contributed by atoms with E-state index in [0.29, 0.717) is 12.3 Å². The molecule has 1 aliphatic heterocycles. The van der Waals surface area contributed by atoms with Crippen LogP contribution in [0.4, 0.5) is 0 Å². The van der Waals surface area contributed by atoms with Crippen LogP contribution in [0.3, 0.4) is 0 Å². The van der Waals surface area contributed by atoms with Crippen molar-refractivity contribution in [3.8, 4) is 0 Å². The van der Waals surface area contributed by atoms with Gasteiger partial charge < -0.3 is 9.47 Å². The zero-order valence-electron chi connectivity index (χ0n) is 15.2. The second-order valence-corrected chi connectivity index (χ2v) is 7.30. The molecule has 1 aromatic heterocycles. The molecule has 3 rings (SSSR count). The van der Waals surface area contributed by atoms with Gasteiger partial charge in [-0.2, -0.15) is 0 Å². The van der Waals surface area contributed by atoms with E-state index in [-0.39, 0.29) is 5.91 Å². The predicted octanol–water partition coefficient (Wildman–Crippen LogP) is 2.21.